The molecule has 3 aromatic rings. The molecule has 0 bridgehead atoms. The quantitative estimate of drug-likeness (QED) is 0.686. The molecule has 0 amide bonds. The molecular weight excluding hydrogens is 327 g/mol. The second-order valence-electron chi connectivity index (χ2n) is 3.78. The van der Waals surface area contributed by atoms with Crippen LogP contribution in [0.1, 0.15) is 5.56 Å². The van der Waals surface area contributed by atoms with Gasteiger partial charge >= 0.3 is 0 Å². The van der Waals surface area contributed by atoms with E-state index in [1.807, 2.05) is 59.4 Å². The number of nitrogens with one attached hydrogen (secondary N) is 1. The topological polar surface area (TPSA) is 48.8 Å². The fourth-order valence-electron chi connectivity index (χ4n) is 1.99. The number of H-pyrrole nitrogens is 1. The third kappa shape index (κ3) is 1.63. The first-order valence-corrected chi connectivity index (χ1v) is 5.94. The van der Waals surface area contributed by atoms with Gasteiger partial charge in [-0.15, -0.1) is 0 Å². The smallest absolute Gasteiger partial charge is 0.192 e. The summed E-state index contributed by atoms with van der Waals surface area (Å²) in [7, 11) is 0. The van der Waals surface area contributed by atoms with Crippen LogP contribution in [0, 0.1) is 11.3 Å². The standard InChI is InChI=1S/C13H7IN2O/c14-17-9-2-4-13-11(6-9)10-5-8(7-15)1-3-12(10)16-13/h1-6,16H. The monoisotopic (exact) mass is 334 g/mol. The van der Waals surface area contributed by atoms with E-state index in [0.717, 1.165) is 27.6 Å². The van der Waals surface area contributed by atoms with Crippen LogP contribution < -0.4 is 3.07 Å². The predicted molar refractivity (Wildman–Crippen MR) is 75.2 cm³/mol. The number of nitrogens with zero attached hydrogens (tertiary/aromatic N) is 1. The molecule has 0 saturated carbocycles. The lowest BCUT2D eigenvalue weighted by Crippen LogP contribution is -1.74. The van der Waals surface area contributed by atoms with Crippen molar-refractivity contribution in [1.82, 2.24) is 4.98 Å². The Labute approximate surface area is 112 Å². The van der Waals surface area contributed by atoms with Crippen molar-refractivity contribution in [3.8, 4) is 11.8 Å². The van der Waals surface area contributed by atoms with Crippen LogP contribution in [0.5, 0.6) is 5.75 Å². The van der Waals surface area contributed by atoms with E-state index in [2.05, 4.69) is 11.1 Å². The summed E-state index contributed by atoms with van der Waals surface area (Å²) in [5.41, 5.74) is 2.75. The van der Waals surface area contributed by atoms with Gasteiger partial charge in [0.2, 0.25) is 0 Å². The molecule has 0 atom stereocenters. The zero-order valence-electron chi connectivity index (χ0n) is 8.70. The van der Waals surface area contributed by atoms with Gasteiger partial charge in [0, 0.05) is 21.8 Å². The summed E-state index contributed by atoms with van der Waals surface area (Å²) in [6.07, 6.45) is 0. The van der Waals surface area contributed by atoms with Crippen molar-refractivity contribution in [2.24, 2.45) is 0 Å². The predicted octanol–water partition coefficient (Wildman–Crippen LogP) is 3.92. The molecule has 2 aromatic carbocycles. The van der Waals surface area contributed by atoms with Crippen LogP contribution in [-0.2, 0) is 0 Å². The molecule has 82 valence electrons. The molecule has 0 unspecified atom stereocenters. The zero-order chi connectivity index (χ0) is 11.8. The van der Waals surface area contributed by atoms with E-state index < -0.39 is 0 Å². The van der Waals surface area contributed by atoms with Crippen LogP contribution in [0.4, 0.5) is 0 Å². The lowest BCUT2D eigenvalue weighted by molar-refractivity contribution is 0.719. The van der Waals surface area contributed by atoms with Gasteiger partial charge in [-0.05, 0) is 36.4 Å². The van der Waals surface area contributed by atoms with Crippen molar-refractivity contribution in [3.63, 3.8) is 0 Å². The largest absolute Gasteiger partial charge is 0.428 e. The molecule has 3 rings (SSSR count). The van der Waals surface area contributed by atoms with Crippen molar-refractivity contribution in [2.75, 3.05) is 0 Å². The molecule has 0 fully saturated rings. The lowest BCUT2D eigenvalue weighted by atomic mass is 10.1. The van der Waals surface area contributed by atoms with Gasteiger partial charge in [0.1, 0.15) is 5.75 Å². The first-order chi connectivity index (χ1) is 8.31. The molecule has 1 aromatic heterocycles. The summed E-state index contributed by atoms with van der Waals surface area (Å²) < 4.78 is 5.19. The molecule has 17 heavy (non-hydrogen) atoms. The van der Waals surface area contributed by atoms with Gasteiger partial charge < -0.3 is 8.05 Å². The van der Waals surface area contributed by atoms with E-state index in [9.17, 15) is 0 Å². The molecular formula is C13H7IN2O. The number of rotatable bonds is 1. The van der Waals surface area contributed by atoms with E-state index in [4.69, 9.17) is 8.33 Å². The number of aromatic nitrogens is 1. The van der Waals surface area contributed by atoms with E-state index in [0.29, 0.717) is 5.56 Å². The summed E-state index contributed by atoms with van der Waals surface area (Å²) in [5, 5.41) is 11.0. The van der Waals surface area contributed by atoms with Crippen molar-refractivity contribution in [1.29, 1.82) is 5.26 Å². The summed E-state index contributed by atoms with van der Waals surface area (Å²) in [5.74, 6) is 0.807. The lowest BCUT2D eigenvalue weighted by Gasteiger charge is -1.96. The average molecular weight is 334 g/mol. The van der Waals surface area contributed by atoms with Gasteiger partial charge in [0.05, 0.1) is 11.6 Å². The third-order valence-electron chi connectivity index (χ3n) is 2.79. The number of nitriles is 1. The maximum Gasteiger partial charge on any atom is 0.192 e. The number of hydrogen-bond acceptors (Lipinski definition) is 2. The highest BCUT2D eigenvalue weighted by molar-refractivity contribution is 14.1. The van der Waals surface area contributed by atoms with Crippen LogP contribution in [0.25, 0.3) is 21.8 Å². The zero-order valence-corrected chi connectivity index (χ0v) is 10.9. The maximum absolute atomic E-state index is 8.92. The Bertz CT molecular complexity index is 755. The van der Waals surface area contributed by atoms with Gasteiger partial charge in [-0.25, -0.2) is 0 Å². The van der Waals surface area contributed by atoms with Crippen molar-refractivity contribution < 1.29 is 3.07 Å². The van der Waals surface area contributed by atoms with Gasteiger partial charge in [-0.3, -0.25) is 0 Å². The number of hydrogen-bond donors (Lipinski definition) is 1. The Morgan fingerprint density at radius 2 is 1.76 bits per heavy atom. The first-order valence-electron chi connectivity index (χ1n) is 5.06. The SMILES string of the molecule is N#Cc1ccc2[nH]c3ccc(OI)cc3c2c1. The van der Waals surface area contributed by atoms with Gasteiger partial charge in [0.25, 0.3) is 0 Å². The molecule has 0 aliphatic carbocycles. The number of aromatic amines is 1. The third-order valence-corrected chi connectivity index (χ3v) is 3.30. The molecule has 0 saturated heterocycles. The molecule has 0 aliphatic heterocycles. The van der Waals surface area contributed by atoms with Crippen molar-refractivity contribution >= 4 is 44.8 Å². The van der Waals surface area contributed by atoms with Crippen LogP contribution >= 0.6 is 23.0 Å². The maximum atomic E-state index is 8.92. The van der Waals surface area contributed by atoms with Gasteiger partial charge in [0.15, 0.2) is 23.0 Å². The summed E-state index contributed by atoms with van der Waals surface area (Å²) in [4.78, 5) is 3.31. The van der Waals surface area contributed by atoms with Gasteiger partial charge in [-0.1, -0.05) is 0 Å². The average Bonchev–Trinajstić information content (AvgIpc) is 2.75. The summed E-state index contributed by atoms with van der Waals surface area (Å²) in [6.45, 7) is 0. The number of fused-ring (bicyclic) bond motifs is 3. The molecule has 0 aliphatic rings. The molecule has 3 nitrogen and oxygen atoms in total. The fraction of sp³-hybridized carbons (Fsp3) is 0. The van der Waals surface area contributed by atoms with Crippen molar-refractivity contribution in [2.45, 2.75) is 0 Å². The van der Waals surface area contributed by atoms with Crippen LogP contribution in [0.15, 0.2) is 36.4 Å². The summed E-state index contributed by atoms with van der Waals surface area (Å²) >= 11 is 1.86. The Morgan fingerprint density at radius 3 is 2.47 bits per heavy atom. The van der Waals surface area contributed by atoms with E-state index in [1.165, 1.54) is 0 Å². The Morgan fingerprint density at radius 1 is 1.06 bits per heavy atom. The molecule has 4 heteroatoms. The minimum absolute atomic E-state index is 0.666. The highest BCUT2D eigenvalue weighted by Crippen LogP contribution is 2.29. The Hall–Kier alpha value is -1.74. The Kier molecular flexibility index (Phi) is 2.41. The number of benzene rings is 2. The summed E-state index contributed by atoms with van der Waals surface area (Å²) in [6, 6.07) is 13.7. The van der Waals surface area contributed by atoms with Gasteiger partial charge in [-0.2, -0.15) is 5.26 Å². The fourth-order valence-corrected chi connectivity index (χ4v) is 2.27. The van der Waals surface area contributed by atoms with Crippen LogP contribution in [0.2, 0.25) is 0 Å². The highest BCUT2D eigenvalue weighted by Gasteiger charge is 2.06. The normalized spacial score (nSPS) is 10.6. The molecule has 0 spiro atoms. The number of halogens is 1. The van der Waals surface area contributed by atoms with Crippen molar-refractivity contribution in [3.05, 3.63) is 42.0 Å². The van der Waals surface area contributed by atoms with E-state index >= 15 is 0 Å². The molecule has 0 radical (unpaired) electrons. The first kappa shape index (κ1) is 10.4. The molecule has 1 heterocycles. The second-order valence-corrected chi connectivity index (χ2v) is 4.22. The Balaban J connectivity index is 2.42. The second kappa shape index (κ2) is 3.93. The molecule has 1 N–H and O–H groups in total. The van der Waals surface area contributed by atoms with E-state index in [-0.39, 0.29) is 0 Å². The van der Waals surface area contributed by atoms with Crippen LogP contribution in [0.3, 0.4) is 0 Å². The minimum atomic E-state index is 0.666. The van der Waals surface area contributed by atoms with Crippen LogP contribution in [-0.4, -0.2) is 4.98 Å². The highest BCUT2D eigenvalue weighted by atomic mass is 127. The van der Waals surface area contributed by atoms with E-state index in [1.54, 1.807) is 0 Å². The minimum Gasteiger partial charge on any atom is -0.428 e.